The van der Waals surface area contributed by atoms with E-state index in [1.165, 1.54) is 44.2 Å². The molecule has 0 radical (unpaired) electrons. The first-order valence-corrected chi connectivity index (χ1v) is 7.73. The largest absolute Gasteiger partial charge is 0.384 e. The highest BCUT2D eigenvalue weighted by Crippen LogP contribution is 2.26. The second-order valence-electron chi connectivity index (χ2n) is 5.61. The van der Waals surface area contributed by atoms with Crippen LogP contribution in [0, 0.1) is 0 Å². The van der Waals surface area contributed by atoms with Crippen molar-refractivity contribution < 1.29 is 0 Å². The molecule has 0 spiro atoms. The molecule has 1 aliphatic carbocycles. The molecule has 0 aromatic carbocycles. The van der Waals surface area contributed by atoms with Gasteiger partial charge in [-0.25, -0.2) is 0 Å². The summed E-state index contributed by atoms with van der Waals surface area (Å²) in [7, 11) is 2.22. The SMILES string of the molecule is CCCNc1cncc(N(C)C2CCCCCC2)c1. The smallest absolute Gasteiger partial charge is 0.0573 e. The number of nitrogens with one attached hydrogen (secondary N) is 1. The van der Waals surface area contributed by atoms with E-state index in [1.807, 2.05) is 12.4 Å². The predicted octanol–water partition coefficient (Wildman–Crippen LogP) is 4.06. The fourth-order valence-corrected chi connectivity index (χ4v) is 2.84. The second-order valence-corrected chi connectivity index (χ2v) is 5.61. The number of anilines is 2. The minimum atomic E-state index is 0.686. The summed E-state index contributed by atoms with van der Waals surface area (Å²) in [6, 6.07) is 2.92. The molecule has 1 fully saturated rings. The number of pyridine rings is 1. The first-order chi connectivity index (χ1) is 9.31. The lowest BCUT2D eigenvalue weighted by molar-refractivity contribution is 0.552. The third-order valence-electron chi connectivity index (χ3n) is 4.08. The van der Waals surface area contributed by atoms with Gasteiger partial charge in [0, 0.05) is 19.6 Å². The third kappa shape index (κ3) is 4.12. The van der Waals surface area contributed by atoms with Crippen molar-refractivity contribution in [2.75, 3.05) is 23.8 Å². The van der Waals surface area contributed by atoms with E-state index in [0.717, 1.165) is 18.7 Å². The Morgan fingerprint density at radius 2 is 1.95 bits per heavy atom. The van der Waals surface area contributed by atoms with Crippen LogP contribution in [0.5, 0.6) is 0 Å². The Morgan fingerprint density at radius 1 is 1.21 bits per heavy atom. The summed E-state index contributed by atoms with van der Waals surface area (Å²) in [5.74, 6) is 0. The zero-order chi connectivity index (χ0) is 13.5. The maximum Gasteiger partial charge on any atom is 0.0573 e. The molecule has 1 aromatic heterocycles. The molecule has 1 N–H and O–H groups in total. The number of rotatable bonds is 5. The normalized spacial score (nSPS) is 16.9. The molecular formula is C16H27N3. The molecule has 106 valence electrons. The molecule has 0 saturated heterocycles. The van der Waals surface area contributed by atoms with E-state index in [-0.39, 0.29) is 0 Å². The zero-order valence-corrected chi connectivity index (χ0v) is 12.4. The summed E-state index contributed by atoms with van der Waals surface area (Å²) in [6.07, 6.45) is 13.2. The topological polar surface area (TPSA) is 28.2 Å². The van der Waals surface area contributed by atoms with Gasteiger partial charge in [0.2, 0.25) is 0 Å². The van der Waals surface area contributed by atoms with Gasteiger partial charge >= 0.3 is 0 Å². The van der Waals surface area contributed by atoms with Crippen molar-refractivity contribution >= 4 is 11.4 Å². The minimum absolute atomic E-state index is 0.686. The Labute approximate surface area is 117 Å². The Kier molecular flexibility index (Phi) is 5.49. The van der Waals surface area contributed by atoms with E-state index in [2.05, 4.69) is 35.2 Å². The van der Waals surface area contributed by atoms with E-state index < -0.39 is 0 Å². The van der Waals surface area contributed by atoms with Crippen molar-refractivity contribution in [3.8, 4) is 0 Å². The minimum Gasteiger partial charge on any atom is -0.384 e. The van der Waals surface area contributed by atoms with Gasteiger partial charge in [-0.05, 0) is 25.3 Å². The van der Waals surface area contributed by atoms with Gasteiger partial charge in [0.1, 0.15) is 0 Å². The lowest BCUT2D eigenvalue weighted by Crippen LogP contribution is -2.31. The molecular weight excluding hydrogens is 234 g/mol. The van der Waals surface area contributed by atoms with Crippen molar-refractivity contribution in [2.45, 2.75) is 57.9 Å². The van der Waals surface area contributed by atoms with Gasteiger partial charge in [-0.15, -0.1) is 0 Å². The predicted molar refractivity (Wildman–Crippen MR) is 82.9 cm³/mol. The maximum absolute atomic E-state index is 4.37. The summed E-state index contributed by atoms with van der Waals surface area (Å²) < 4.78 is 0. The standard InChI is InChI=1S/C16H27N3/c1-3-10-18-14-11-16(13-17-12-14)19(2)15-8-6-4-5-7-9-15/h11-13,15,18H,3-10H2,1-2H3. The summed E-state index contributed by atoms with van der Waals surface area (Å²) in [4.78, 5) is 6.80. The first kappa shape index (κ1) is 14.2. The van der Waals surface area contributed by atoms with E-state index in [9.17, 15) is 0 Å². The number of hydrogen-bond acceptors (Lipinski definition) is 3. The van der Waals surface area contributed by atoms with Crippen molar-refractivity contribution in [1.29, 1.82) is 0 Å². The average Bonchev–Trinajstić information content (AvgIpc) is 2.73. The molecule has 19 heavy (non-hydrogen) atoms. The van der Waals surface area contributed by atoms with Crippen molar-refractivity contribution in [1.82, 2.24) is 4.98 Å². The molecule has 1 saturated carbocycles. The van der Waals surface area contributed by atoms with Crippen LogP contribution >= 0.6 is 0 Å². The molecule has 1 heterocycles. The van der Waals surface area contributed by atoms with Crippen molar-refractivity contribution in [3.63, 3.8) is 0 Å². The lowest BCUT2D eigenvalue weighted by atomic mass is 10.1. The highest BCUT2D eigenvalue weighted by atomic mass is 15.1. The van der Waals surface area contributed by atoms with Crippen LogP contribution in [0.25, 0.3) is 0 Å². The summed E-state index contributed by atoms with van der Waals surface area (Å²) in [5.41, 5.74) is 2.38. The van der Waals surface area contributed by atoms with Crippen LogP contribution in [0.2, 0.25) is 0 Å². The quantitative estimate of drug-likeness (QED) is 0.810. The first-order valence-electron chi connectivity index (χ1n) is 7.73. The molecule has 0 atom stereocenters. The van der Waals surface area contributed by atoms with Crippen LogP contribution in [-0.2, 0) is 0 Å². The molecule has 1 aromatic rings. The summed E-state index contributed by atoms with van der Waals surface area (Å²) >= 11 is 0. The summed E-state index contributed by atoms with van der Waals surface area (Å²) in [5, 5.41) is 3.42. The molecule has 1 aliphatic rings. The molecule has 3 nitrogen and oxygen atoms in total. The maximum atomic E-state index is 4.37. The van der Waals surface area contributed by atoms with Crippen molar-refractivity contribution in [3.05, 3.63) is 18.5 Å². The average molecular weight is 261 g/mol. The van der Waals surface area contributed by atoms with Crippen LogP contribution in [0.3, 0.4) is 0 Å². The second kappa shape index (κ2) is 7.37. The highest BCUT2D eigenvalue weighted by molar-refractivity contribution is 5.55. The van der Waals surface area contributed by atoms with Gasteiger partial charge in [0.05, 0.1) is 23.8 Å². The van der Waals surface area contributed by atoms with Crippen LogP contribution < -0.4 is 10.2 Å². The van der Waals surface area contributed by atoms with Gasteiger partial charge in [-0.3, -0.25) is 4.98 Å². The van der Waals surface area contributed by atoms with Gasteiger partial charge in [0.25, 0.3) is 0 Å². The molecule has 0 unspecified atom stereocenters. The Bertz CT molecular complexity index is 370. The molecule has 3 heteroatoms. The Balaban J connectivity index is 2.02. The van der Waals surface area contributed by atoms with Gasteiger partial charge < -0.3 is 10.2 Å². The zero-order valence-electron chi connectivity index (χ0n) is 12.4. The van der Waals surface area contributed by atoms with E-state index in [1.54, 1.807) is 0 Å². The Hall–Kier alpha value is -1.25. The lowest BCUT2D eigenvalue weighted by Gasteiger charge is -2.29. The van der Waals surface area contributed by atoms with E-state index >= 15 is 0 Å². The fraction of sp³-hybridized carbons (Fsp3) is 0.688. The Morgan fingerprint density at radius 3 is 2.63 bits per heavy atom. The van der Waals surface area contributed by atoms with Gasteiger partial charge in [-0.2, -0.15) is 0 Å². The summed E-state index contributed by atoms with van der Waals surface area (Å²) in [6.45, 7) is 3.19. The van der Waals surface area contributed by atoms with E-state index in [4.69, 9.17) is 0 Å². The van der Waals surface area contributed by atoms with E-state index in [0.29, 0.717) is 6.04 Å². The highest BCUT2D eigenvalue weighted by Gasteiger charge is 2.17. The molecule has 0 aliphatic heterocycles. The van der Waals surface area contributed by atoms with Crippen LogP contribution in [0.15, 0.2) is 18.5 Å². The van der Waals surface area contributed by atoms with Crippen LogP contribution in [0.1, 0.15) is 51.9 Å². The molecule has 2 rings (SSSR count). The monoisotopic (exact) mass is 261 g/mol. The van der Waals surface area contributed by atoms with Gasteiger partial charge in [0.15, 0.2) is 0 Å². The number of hydrogen-bond donors (Lipinski definition) is 1. The third-order valence-corrected chi connectivity index (χ3v) is 4.08. The molecule has 0 amide bonds. The van der Waals surface area contributed by atoms with Crippen LogP contribution in [0.4, 0.5) is 11.4 Å². The van der Waals surface area contributed by atoms with Crippen molar-refractivity contribution in [2.24, 2.45) is 0 Å². The van der Waals surface area contributed by atoms with Gasteiger partial charge in [-0.1, -0.05) is 32.6 Å². The number of aromatic nitrogens is 1. The molecule has 0 bridgehead atoms. The number of nitrogens with zero attached hydrogens (tertiary/aromatic N) is 2. The fourth-order valence-electron chi connectivity index (χ4n) is 2.84. The van der Waals surface area contributed by atoms with Crippen LogP contribution in [-0.4, -0.2) is 24.6 Å².